The average molecular weight is 751 g/mol. The van der Waals surface area contributed by atoms with Gasteiger partial charge in [0.15, 0.2) is 0 Å². The van der Waals surface area contributed by atoms with Gasteiger partial charge in [-0.15, -0.1) is 0 Å². The van der Waals surface area contributed by atoms with Gasteiger partial charge in [0.25, 0.3) is 0 Å². The molecule has 0 spiro atoms. The lowest BCUT2D eigenvalue weighted by Gasteiger charge is -2.71. The van der Waals surface area contributed by atoms with Gasteiger partial charge in [0.1, 0.15) is 6.10 Å². The van der Waals surface area contributed by atoms with Crippen LogP contribution in [0.15, 0.2) is 96.6 Å². The van der Waals surface area contributed by atoms with Crippen LogP contribution >= 0.6 is 0 Å². The first kappa shape index (κ1) is 37.5. The monoisotopic (exact) mass is 750 g/mol. The van der Waals surface area contributed by atoms with E-state index in [9.17, 15) is 9.59 Å². The molecule has 4 saturated carbocycles. The fourth-order valence-corrected chi connectivity index (χ4v) is 14.0. The standard InChI is InChI=1S/C51H62N2O3/c1-46(2)28-30-51(44(54)52-39-20-12-16-33-14-8-10-18-35(33)39)31-29-49(6)37(38(51)32-46)22-23-42-48(5)26-25-43(47(3,4)41(48)24-27-50(42,49)7)56-45(55)53-40-21-13-17-34-15-9-11-19-36(34)40/h8-22,38,41-43H,23-32H2,1-7H3,(H,52,54)(H,53,55)/t38-,41-,42+,43-,48-,49+,50+,51-/m0/s1. The Labute approximate surface area is 334 Å². The third-order valence-corrected chi connectivity index (χ3v) is 17.3. The highest BCUT2D eigenvalue weighted by atomic mass is 16.6. The SMILES string of the molecule is CC1(C)CC[C@]2(C(=O)Nc3cccc4ccccc34)CC[C@]3(C)C(=CC[C@@H]4[C@@]5(C)CC[C@H](OC(=O)Nc6cccc7ccccc67)C(C)(C)[C@@H]5CC[C@]43C)[C@@H]2C1. The quantitative estimate of drug-likeness (QED) is 0.204. The van der Waals surface area contributed by atoms with E-state index in [1.165, 1.54) is 0 Å². The van der Waals surface area contributed by atoms with Gasteiger partial charge in [-0.05, 0) is 127 Å². The van der Waals surface area contributed by atoms with Gasteiger partial charge < -0.3 is 10.1 Å². The number of nitrogens with one attached hydrogen (secondary N) is 2. The maximum absolute atomic E-state index is 14.9. The summed E-state index contributed by atoms with van der Waals surface area (Å²) in [4.78, 5) is 28.5. The molecule has 5 nitrogen and oxygen atoms in total. The molecule has 8 atom stereocenters. The molecule has 2 amide bonds. The Morgan fingerprint density at radius 3 is 1.93 bits per heavy atom. The van der Waals surface area contributed by atoms with Crippen molar-refractivity contribution in [3.05, 3.63) is 96.6 Å². The molecule has 0 bridgehead atoms. The van der Waals surface area contributed by atoms with Crippen LogP contribution in [0.25, 0.3) is 21.5 Å². The molecule has 0 radical (unpaired) electrons. The van der Waals surface area contributed by atoms with Crippen molar-refractivity contribution in [1.82, 2.24) is 0 Å². The highest BCUT2D eigenvalue weighted by Gasteiger charge is 2.69. The Bertz CT molecular complexity index is 2240. The molecule has 4 fully saturated rings. The van der Waals surface area contributed by atoms with Gasteiger partial charge in [0, 0.05) is 21.9 Å². The second kappa shape index (κ2) is 12.9. The van der Waals surface area contributed by atoms with Gasteiger partial charge in [0.2, 0.25) is 5.91 Å². The third-order valence-electron chi connectivity index (χ3n) is 17.3. The van der Waals surface area contributed by atoms with E-state index < -0.39 is 5.41 Å². The van der Waals surface area contributed by atoms with Crippen LogP contribution in [0, 0.1) is 50.2 Å². The fourth-order valence-electron chi connectivity index (χ4n) is 14.0. The molecule has 5 aliphatic carbocycles. The van der Waals surface area contributed by atoms with Gasteiger partial charge in [-0.2, -0.15) is 0 Å². The summed E-state index contributed by atoms with van der Waals surface area (Å²) >= 11 is 0. The summed E-state index contributed by atoms with van der Waals surface area (Å²) in [6.45, 7) is 17.4. The highest BCUT2D eigenvalue weighted by Crippen LogP contribution is 2.76. The summed E-state index contributed by atoms with van der Waals surface area (Å²) in [5.41, 5.74) is 3.22. The summed E-state index contributed by atoms with van der Waals surface area (Å²) in [7, 11) is 0. The molecule has 0 saturated heterocycles. The largest absolute Gasteiger partial charge is 0.445 e. The van der Waals surface area contributed by atoms with E-state index >= 15 is 0 Å². The van der Waals surface area contributed by atoms with Crippen LogP contribution in [0.5, 0.6) is 0 Å². The first-order chi connectivity index (χ1) is 26.6. The topological polar surface area (TPSA) is 67.4 Å². The average Bonchev–Trinajstić information content (AvgIpc) is 3.16. The summed E-state index contributed by atoms with van der Waals surface area (Å²) in [6, 6.07) is 28.8. The van der Waals surface area contributed by atoms with Crippen LogP contribution in [0.3, 0.4) is 0 Å². The maximum Gasteiger partial charge on any atom is 0.411 e. The van der Waals surface area contributed by atoms with Gasteiger partial charge in [0.05, 0.1) is 11.1 Å². The van der Waals surface area contributed by atoms with Crippen molar-refractivity contribution in [3.8, 4) is 0 Å². The van der Waals surface area contributed by atoms with Crippen LogP contribution < -0.4 is 10.6 Å². The number of hydrogen-bond donors (Lipinski definition) is 2. The van der Waals surface area contributed by atoms with Crippen molar-refractivity contribution in [2.24, 2.45) is 50.2 Å². The van der Waals surface area contributed by atoms with Crippen LogP contribution in [0.2, 0.25) is 0 Å². The molecule has 0 aromatic heterocycles. The Hall–Kier alpha value is -4.12. The number of carbonyl (C=O) groups excluding carboxylic acids is 2. The molecular formula is C51H62N2O3. The molecule has 294 valence electrons. The number of anilines is 2. The maximum atomic E-state index is 14.9. The molecule has 4 aromatic carbocycles. The first-order valence-electron chi connectivity index (χ1n) is 21.6. The van der Waals surface area contributed by atoms with Crippen molar-refractivity contribution in [1.29, 1.82) is 0 Å². The second-order valence-corrected chi connectivity index (χ2v) is 20.8. The van der Waals surface area contributed by atoms with Crippen LogP contribution in [-0.2, 0) is 9.53 Å². The number of rotatable bonds is 4. The zero-order valence-corrected chi connectivity index (χ0v) is 34.8. The van der Waals surface area contributed by atoms with Crippen molar-refractivity contribution in [2.45, 2.75) is 119 Å². The van der Waals surface area contributed by atoms with Crippen molar-refractivity contribution in [3.63, 3.8) is 0 Å². The van der Waals surface area contributed by atoms with Crippen molar-refractivity contribution in [2.75, 3.05) is 10.6 Å². The van der Waals surface area contributed by atoms with Gasteiger partial charge in [-0.1, -0.05) is 133 Å². The Kier molecular flexibility index (Phi) is 8.66. The molecule has 9 rings (SSSR count). The molecule has 5 aliphatic rings. The minimum Gasteiger partial charge on any atom is -0.445 e. The summed E-state index contributed by atoms with van der Waals surface area (Å²) in [6.07, 6.45) is 12.5. The molecule has 0 heterocycles. The molecule has 0 aliphatic heterocycles. The van der Waals surface area contributed by atoms with Crippen LogP contribution in [-0.4, -0.2) is 18.1 Å². The number of benzene rings is 4. The number of carbonyl (C=O) groups is 2. The lowest BCUT2D eigenvalue weighted by Crippen LogP contribution is -2.65. The minimum atomic E-state index is -0.397. The zero-order chi connectivity index (χ0) is 39.3. The van der Waals surface area contributed by atoms with Crippen LogP contribution in [0.1, 0.15) is 113 Å². The van der Waals surface area contributed by atoms with Gasteiger partial charge in [-0.3, -0.25) is 10.1 Å². The van der Waals surface area contributed by atoms with Crippen LogP contribution in [0.4, 0.5) is 16.2 Å². The first-order valence-corrected chi connectivity index (χ1v) is 21.6. The van der Waals surface area contributed by atoms with E-state index in [-0.39, 0.29) is 51.1 Å². The summed E-state index contributed by atoms with van der Waals surface area (Å²) < 4.78 is 6.40. The summed E-state index contributed by atoms with van der Waals surface area (Å²) in [5, 5.41) is 11.0. The fraction of sp³-hybridized carbons (Fsp3) is 0.529. The summed E-state index contributed by atoms with van der Waals surface area (Å²) in [5.74, 6) is 1.44. The molecule has 5 heteroatoms. The normalized spacial score (nSPS) is 35.5. The molecule has 2 N–H and O–H groups in total. The van der Waals surface area contributed by atoms with Gasteiger partial charge in [-0.25, -0.2) is 4.79 Å². The molecule has 56 heavy (non-hydrogen) atoms. The number of ether oxygens (including phenoxy) is 1. The van der Waals surface area contributed by atoms with E-state index in [0.717, 1.165) is 97.1 Å². The molecule has 4 aromatic rings. The zero-order valence-electron chi connectivity index (χ0n) is 34.8. The third kappa shape index (κ3) is 5.52. The van der Waals surface area contributed by atoms with E-state index in [0.29, 0.717) is 11.8 Å². The predicted molar refractivity (Wildman–Crippen MR) is 229 cm³/mol. The number of amides is 2. The Morgan fingerprint density at radius 1 is 0.643 bits per heavy atom. The van der Waals surface area contributed by atoms with E-state index in [2.05, 4.69) is 120 Å². The van der Waals surface area contributed by atoms with Crippen molar-refractivity contribution >= 4 is 44.9 Å². The number of allylic oxidation sites excluding steroid dienone is 2. The lowest BCUT2D eigenvalue weighted by molar-refractivity contribution is -0.202. The van der Waals surface area contributed by atoms with Gasteiger partial charge >= 0.3 is 6.09 Å². The second-order valence-electron chi connectivity index (χ2n) is 20.8. The Balaban J connectivity index is 0.990. The van der Waals surface area contributed by atoms with E-state index in [1.807, 2.05) is 30.3 Å². The lowest BCUT2D eigenvalue weighted by atomic mass is 9.33. The van der Waals surface area contributed by atoms with E-state index in [4.69, 9.17) is 4.74 Å². The Morgan fingerprint density at radius 2 is 1.25 bits per heavy atom. The number of hydrogen-bond acceptors (Lipinski definition) is 3. The molecular weight excluding hydrogens is 689 g/mol. The highest BCUT2D eigenvalue weighted by molar-refractivity contribution is 6.04. The number of fused-ring (bicyclic) bond motifs is 9. The minimum absolute atomic E-state index is 0.0288. The smallest absolute Gasteiger partial charge is 0.411 e. The van der Waals surface area contributed by atoms with Crippen molar-refractivity contribution < 1.29 is 14.3 Å². The van der Waals surface area contributed by atoms with E-state index in [1.54, 1.807) is 5.57 Å². The predicted octanol–water partition coefficient (Wildman–Crippen LogP) is 13.4. The molecule has 0 unspecified atom stereocenters.